The number of piperazine rings is 1. The summed E-state index contributed by atoms with van der Waals surface area (Å²) in [5.74, 6) is -1.46. The van der Waals surface area contributed by atoms with Crippen molar-refractivity contribution < 1.29 is 18.4 Å². The number of anilines is 1. The highest BCUT2D eigenvalue weighted by Crippen LogP contribution is 2.19. The van der Waals surface area contributed by atoms with Gasteiger partial charge in [0.15, 0.2) is 5.78 Å². The van der Waals surface area contributed by atoms with E-state index in [1.54, 1.807) is 13.8 Å². The summed E-state index contributed by atoms with van der Waals surface area (Å²) in [6.45, 7) is 6.44. The number of benzene rings is 2. The van der Waals surface area contributed by atoms with Crippen LogP contribution in [0.25, 0.3) is 0 Å². The Labute approximate surface area is 169 Å². The highest BCUT2D eigenvalue weighted by atomic mass is 19.1. The molecule has 2 aromatic carbocycles. The van der Waals surface area contributed by atoms with E-state index in [1.165, 1.54) is 12.1 Å². The quantitative estimate of drug-likeness (QED) is 0.756. The minimum Gasteiger partial charge on any atom is -0.369 e. The molecule has 1 atom stereocenters. The average molecular weight is 401 g/mol. The lowest BCUT2D eigenvalue weighted by atomic mass is 10.1. The second-order valence-electron chi connectivity index (χ2n) is 7.32. The first-order valence-corrected chi connectivity index (χ1v) is 9.66. The molecule has 0 spiro atoms. The Balaban J connectivity index is 1.48. The van der Waals surface area contributed by atoms with Crippen molar-refractivity contribution in [2.24, 2.45) is 0 Å². The highest BCUT2D eigenvalue weighted by Gasteiger charge is 2.21. The van der Waals surface area contributed by atoms with Crippen molar-refractivity contribution in [3.63, 3.8) is 0 Å². The molecule has 0 radical (unpaired) electrons. The highest BCUT2D eigenvalue weighted by molar-refractivity contribution is 5.94. The summed E-state index contributed by atoms with van der Waals surface area (Å²) < 4.78 is 26.9. The Morgan fingerprint density at radius 3 is 2.28 bits per heavy atom. The molecule has 0 unspecified atom stereocenters. The van der Waals surface area contributed by atoms with E-state index in [2.05, 4.69) is 10.2 Å². The molecule has 1 saturated heterocycles. The first-order chi connectivity index (χ1) is 13.8. The lowest BCUT2D eigenvalue weighted by Crippen LogP contribution is -2.49. The molecule has 154 valence electrons. The lowest BCUT2D eigenvalue weighted by Gasteiger charge is -2.36. The maximum atomic E-state index is 13.9. The fourth-order valence-corrected chi connectivity index (χ4v) is 3.49. The van der Waals surface area contributed by atoms with Crippen molar-refractivity contribution in [1.82, 2.24) is 10.2 Å². The standard InChI is InChI=1S/C22H25F2N3O2/c1-15(20-8-5-18(23)13-21(20)24)25-22(29)14-26-9-11-27(12-10-26)19-6-3-17(4-7-19)16(2)28/h3-8,13,15H,9-12,14H2,1-2H3,(H,25,29)/t15-/m1/s1. The molecule has 2 aromatic rings. The van der Waals surface area contributed by atoms with Gasteiger partial charge in [0.25, 0.3) is 0 Å². The minimum absolute atomic E-state index is 0.0436. The summed E-state index contributed by atoms with van der Waals surface area (Å²) in [7, 11) is 0. The van der Waals surface area contributed by atoms with Gasteiger partial charge >= 0.3 is 0 Å². The van der Waals surface area contributed by atoms with Crippen LogP contribution in [0.2, 0.25) is 0 Å². The SMILES string of the molecule is CC(=O)c1ccc(N2CCN(CC(=O)N[C@H](C)c3ccc(F)cc3F)CC2)cc1. The number of nitrogens with zero attached hydrogens (tertiary/aromatic N) is 2. The third-order valence-electron chi connectivity index (χ3n) is 5.18. The molecule has 1 fully saturated rings. The van der Waals surface area contributed by atoms with E-state index in [4.69, 9.17) is 0 Å². The van der Waals surface area contributed by atoms with Gasteiger partial charge in [-0.2, -0.15) is 0 Å². The van der Waals surface area contributed by atoms with Gasteiger partial charge in [0.1, 0.15) is 11.6 Å². The van der Waals surface area contributed by atoms with E-state index in [0.29, 0.717) is 5.56 Å². The van der Waals surface area contributed by atoms with E-state index in [1.807, 2.05) is 29.2 Å². The van der Waals surface area contributed by atoms with Crippen molar-refractivity contribution in [3.8, 4) is 0 Å². The number of rotatable bonds is 6. The summed E-state index contributed by atoms with van der Waals surface area (Å²) in [6, 6.07) is 10.4. The van der Waals surface area contributed by atoms with E-state index < -0.39 is 17.7 Å². The van der Waals surface area contributed by atoms with E-state index in [0.717, 1.165) is 37.9 Å². The Morgan fingerprint density at radius 2 is 1.69 bits per heavy atom. The number of Topliss-reactive ketones (excluding diaryl/α,β-unsaturated/α-hetero) is 1. The Morgan fingerprint density at radius 1 is 1.03 bits per heavy atom. The lowest BCUT2D eigenvalue weighted by molar-refractivity contribution is -0.123. The van der Waals surface area contributed by atoms with Crippen LogP contribution in [0, 0.1) is 11.6 Å². The second-order valence-corrected chi connectivity index (χ2v) is 7.32. The van der Waals surface area contributed by atoms with Gasteiger partial charge in [-0.05, 0) is 44.2 Å². The number of amides is 1. The molecule has 0 aromatic heterocycles. The van der Waals surface area contributed by atoms with Crippen LogP contribution in [-0.2, 0) is 4.79 Å². The van der Waals surface area contributed by atoms with Crippen LogP contribution >= 0.6 is 0 Å². The first-order valence-electron chi connectivity index (χ1n) is 9.66. The van der Waals surface area contributed by atoms with Gasteiger partial charge in [-0.1, -0.05) is 6.07 Å². The van der Waals surface area contributed by atoms with Crippen molar-refractivity contribution in [2.75, 3.05) is 37.6 Å². The van der Waals surface area contributed by atoms with Gasteiger partial charge < -0.3 is 10.2 Å². The topological polar surface area (TPSA) is 52.7 Å². The van der Waals surface area contributed by atoms with Gasteiger partial charge in [-0.15, -0.1) is 0 Å². The molecule has 3 rings (SSSR count). The molecule has 0 aliphatic carbocycles. The van der Waals surface area contributed by atoms with Crippen LogP contribution in [0.5, 0.6) is 0 Å². The number of halogens is 2. The molecule has 7 heteroatoms. The van der Waals surface area contributed by atoms with Gasteiger partial charge in [-0.25, -0.2) is 8.78 Å². The largest absolute Gasteiger partial charge is 0.369 e. The van der Waals surface area contributed by atoms with Crippen LogP contribution in [-0.4, -0.2) is 49.3 Å². The predicted octanol–water partition coefficient (Wildman–Crippen LogP) is 3.17. The number of nitrogens with one attached hydrogen (secondary N) is 1. The molecule has 1 aliphatic rings. The molecule has 1 amide bonds. The van der Waals surface area contributed by atoms with Gasteiger partial charge in [0.2, 0.25) is 5.91 Å². The fourth-order valence-electron chi connectivity index (χ4n) is 3.49. The first kappa shape index (κ1) is 20.9. The summed E-state index contributed by atoms with van der Waals surface area (Å²) >= 11 is 0. The minimum atomic E-state index is -0.665. The maximum absolute atomic E-state index is 13.9. The van der Waals surface area contributed by atoms with E-state index >= 15 is 0 Å². The third-order valence-corrected chi connectivity index (χ3v) is 5.18. The fraction of sp³-hybridized carbons (Fsp3) is 0.364. The zero-order chi connectivity index (χ0) is 21.0. The van der Waals surface area contributed by atoms with Crippen molar-refractivity contribution in [2.45, 2.75) is 19.9 Å². The van der Waals surface area contributed by atoms with Crippen LogP contribution in [0.1, 0.15) is 35.8 Å². The van der Waals surface area contributed by atoms with Crippen LogP contribution in [0.3, 0.4) is 0 Å². The Bertz CT molecular complexity index is 878. The summed E-state index contributed by atoms with van der Waals surface area (Å²) in [5.41, 5.74) is 2.01. The molecular formula is C22H25F2N3O2. The van der Waals surface area contributed by atoms with Crippen LogP contribution < -0.4 is 10.2 Å². The van der Waals surface area contributed by atoms with E-state index in [-0.39, 0.29) is 23.8 Å². The summed E-state index contributed by atoms with van der Waals surface area (Å²) in [4.78, 5) is 28.0. The van der Waals surface area contributed by atoms with Crippen molar-refractivity contribution in [3.05, 3.63) is 65.2 Å². The monoisotopic (exact) mass is 401 g/mol. The van der Waals surface area contributed by atoms with Crippen LogP contribution in [0.15, 0.2) is 42.5 Å². The number of hydrogen-bond donors (Lipinski definition) is 1. The molecular weight excluding hydrogens is 376 g/mol. The number of hydrogen-bond acceptors (Lipinski definition) is 4. The number of carbonyl (C=O) groups excluding carboxylic acids is 2. The average Bonchev–Trinajstić information content (AvgIpc) is 2.68. The van der Waals surface area contributed by atoms with Gasteiger partial charge in [0, 0.05) is 49.1 Å². The number of carbonyl (C=O) groups is 2. The summed E-state index contributed by atoms with van der Waals surface area (Å²) in [6.07, 6.45) is 0. The molecule has 0 bridgehead atoms. The van der Waals surface area contributed by atoms with Gasteiger partial charge in [0.05, 0.1) is 12.6 Å². The molecule has 5 nitrogen and oxygen atoms in total. The predicted molar refractivity (Wildman–Crippen MR) is 108 cm³/mol. The van der Waals surface area contributed by atoms with Crippen molar-refractivity contribution >= 4 is 17.4 Å². The van der Waals surface area contributed by atoms with Crippen LogP contribution in [0.4, 0.5) is 14.5 Å². The van der Waals surface area contributed by atoms with Gasteiger partial charge in [-0.3, -0.25) is 14.5 Å². The smallest absolute Gasteiger partial charge is 0.234 e. The third kappa shape index (κ3) is 5.38. The molecule has 1 heterocycles. The zero-order valence-corrected chi connectivity index (χ0v) is 16.6. The molecule has 1 aliphatic heterocycles. The normalized spacial score (nSPS) is 15.8. The van der Waals surface area contributed by atoms with Crippen molar-refractivity contribution in [1.29, 1.82) is 0 Å². The summed E-state index contributed by atoms with van der Waals surface area (Å²) in [5, 5.41) is 2.77. The number of ketones is 1. The molecule has 1 N–H and O–H groups in total. The maximum Gasteiger partial charge on any atom is 0.234 e. The van der Waals surface area contributed by atoms with E-state index in [9.17, 15) is 18.4 Å². The Kier molecular flexibility index (Phi) is 6.59. The Hall–Kier alpha value is -2.80. The molecule has 29 heavy (non-hydrogen) atoms. The zero-order valence-electron chi connectivity index (χ0n) is 16.6. The molecule has 0 saturated carbocycles. The second kappa shape index (κ2) is 9.13.